The summed E-state index contributed by atoms with van der Waals surface area (Å²) in [4.78, 5) is 11.7. The van der Waals surface area contributed by atoms with E-state index in [1.165, 1.54) is 6.07 Å². The lowest BCUT2D eigenvalue weighted by Crippen LogP contribution is -2.28. The highest BCUT2D eigenvalue weighted by Crippen LogP contribution is 2.41. The lowest BCUT2D eigenvalue weighted by atomic mass is 10.1. The maximum Gasteiger partial charge on any atom is 0.230 e. The van der Waals surface area contributed by atoms with E-state index in [0.717, 1.165) is 24.0 Å². The molecule has 0 fully saturated rings. The molecule has 0 aromatic heterocycles. The third-order valence-corrected chi connectivity index (χ3v) is 4.67. The maximum absolute atomic E-state index is 13.6. The Hall–Kier alpha value is -1.07. The average Bonchev–Trinajstić information content (AvgIpc) is 2.86. The van der Waals surface area contributed by atoms with Crippen LogP contribution >= 0.6 is 11.8 Å². The van der Waals surface area contributed by atoms with Crippen molar-refractivity contribution in [3.05, 3.63) is 35.1 Å². The van der Waals surface area contributed by atoms with Crippen LogP contribution in [0.2, 0.25) is 0 Å². The monoisotopic (exact) mass is 297 g/mol. The molecule has 0 unspecified atom stereocenters. The van der Waals surface area contributed by atoms with Gasteiger partial charge >= 0.3 is 0 Å². The zero-order chi connectivity index (χ0) is 14.4. The lowest BCUT2D eigenvalue weighted by Gasteiger charge is -2.11. The predicted octanol–water partition coefficient (Wildman–Crippen LogP) is 2.70. The fraction of sp³-hybridized carbons (Fsp3) is 0.533. The van der Waals surface area contributed by atoms with Gasteiger partial charge in [0, 0.05) is 18.4 Å². The Kier molecular flexibility index (Phi) is 5.86. The Morgan fingerprint density at radius 1 is 1.55 bits per heavy atom. The molecule has 0 radical (unpaired) electrons. The van der Waals surface area contributed by atoms with Crippen molar-refractivity contribution in [3.8, 4) is 0 Å². The van der Waals surface area contributed by atoms with Crippen LogP contribution in [0.15, 0.2) is 18.2 Å². The average molecular weight is 297 g/mol. The highest BCUT2D eigenvalue weighted by Gasteiger charge is 2.25. The normalized spacial score (nSPS) is 17.0. The quantitative estimate of drug-likeness (QED) is 0.786. The van der Waals surface area contributed by atoms with Gasteiger partial charge in [-0.1, -0.05) is 12.1 Å². The number of hydrogen-bond acceptors (Lipinski definition) is 3. The van der Waals surface area contributed by atoms with E-state index in [1.807, 2.05) is 13.0 Å². The third-order valence-electron chi connectivity index (χ3n) is 3.35. The molecule has 0 aliphatic heterocycles. The van der Waals surface area contributed by atoms with E-state index in [9.17, 15) is 9.18 Å². The highest BCUT2D eigenvalue weighted by atomic mass is 32.2. The number of rotatable bonds is 7. The molecular weight excluding hydrogens is 277 g/mol. The molecule has 3 nitrogen and oxygen atoms in total. The minimum atomic E-state index is -0.119. The Labute approximate surface area is 123 Å². The minimum Gasteiger partial charge on any atom is -0.380 e. The van der Waals surface area contributed by atoms with E-state index in [1.54, 1.807) is 17.8 Å². The molecule has 1 atom stereocenters. The van der Waals surface area contributed by atoms with Crippen molar-refractivity contribution >= 4 is 17.7 Å². The molecule has 0 saturated carbocycles. The van der Waals surface area contributed by atoms with Gasteiger partial charge in [-0.3, -0.25) is 4.79 Å². The first-order valence-electron chi connectivity index (χ1n) is 6.95. The molecule has 0 bridgehead atoms. The molecule has 110 valence electrons. The zero-order valence-corrected chi connectivity index (χ0v) is 12.5. The Balaban J connectivity index is 1.76. The van der Waals surface area contributed by atoms with E-state index in [0.29, 0.717) is 25.5 Å². The molecule has 1 N–H and O–H groups in total. The molecule has 1 aromatic rings. The van der Waals surface area contributed by atoms with Gasteiger partial charge in [0.15, 0.2) is 0 Å². The summed E-state index contributed by atoms with van der Waals surface area (Å²) in [7, 11) is 0. The van der Waals surface area contributed by atoms with Crippen LogP contribution in [-0.4, -0.2) is 31.4 Å². The van der Waals surface area contributed by atoms with Gasteiger partial charge in [0.1, 0.15) is 5.82 Å². The van der Waals surface area contributed by atoms with Crippen molar-refractivity contribution < 1.29 is 13.9 Å². The van der Waals surface area contributed by atoms with Crippen LogP contribution in [0, 0.1) is 5.82 Å². The molecular formula is C15H20FNO2S. The van der Waals surface area contributed by atoms with Gasteiger partial charge in [-0.15, -0.1) is 11.8 Å². The number of benzene rings is 1. The second kappa shape index (κ2) is 7.64. The van der Waals surface area contributed by atoms with Crippen molar-refractivity contribution in [1.29, 1.82) is 0 Å². The van der Waals surface area contributed by atoms with Crippen molar-refractivity contribution in [2.75, 3.05) is 25.5 Å². The van der Waals surface area contributed by atoms with Crippen molar-refractivity contribution in [2.24, 2.45) is 0 Å². The summed E-state index contributed by atoms with van der Waals surface area (Å²) in [5, 5.41) is 3.05. The summed E-state index contributed by atoms with van der Waals surface area (Å²) in [6.45, 7) is 3.68. The Bertz CT molecular complexity index is 467. The number of carbonyl (C=O) groups excluding carboxylic acids is 1. The molecule has 20 heavy (non-hydrogen) atoms. The summed E-state index contributed by atoms with van der Waals surface area (Å²) in [5.74, 6) is 0.304. The van der Waals surface area contributed by atoms with Crippen molar-refractivity contribution in [1.82, 2.24) is 5.32 Å². The van der Waals surface area contributed by atoms with Crippen LogP contribution < -0.4 is 5.32 Å². The van der Waals surface area contributed by atoms with Crippen LogP contribution in [0.4, 0.5) is 4.39 Å². The van der Waals surface area contributed by atoms with Crippen LogP contribution in [0.25, 0.3) is 0 Å². The van der Waals surface area contributed by atoms with Crippen molar-refractivity contribution in [3.63, 3.8) is 0 Å². The summed E-state index contributed by atoms with van der Waals surface area (Å²) in [5.41, 5.74) is 1.87. The van der Waals surface area contributed by atoms with Gasteiger partial charge in [0.05, 0.1) is 12.4 Å². The maximum atomic E-state index is 13.6. The van der Waals surface area contributed by atoms with Crippen LogP contribution in [-0.2, 0) is 16.0 Å². The molecule has 1 aromatic carbocycles. The van der Waals surface area contributed by atoms with Gasteiger partial charge in [0.25, 0.3) is 0 Å². The molecule has 1 amide bonds. The van der Waals surface area contributed by atoms with E-state index in [-0.39, 0.29) is 17.0 Å². The topological polar surface area (TPSA) is 38.3 Å². The number of ether oxygens (including phenoxy) is 1. The van der Waals surface area contributed by atoms with E-state index >= 15 is 0 Å². The summed E-state index contributed by atoms with van der Waals surface area (Å²) in [6, 6.07) is 5.22. The molecule has 1 aliphatic rings. The molecule has 1 aliphatic carbocycles. The standard InChI is InChI=1S/C15H20FNO2S/c1-2-19-9-8-17-15(18)10-20-14-7-6-11-12(14)4-3-5-13(11)16/h3-5,14H,2,6-10H2,1H3,(H,17,18)/t14-/m1/s1. The number of nitrogens with one attached hydrogen (secondary N) is 1. The zero-order valence-electron chi connectivity index (χ0n) is 11.7. The fourth-order valence-electron chi connectivity index (χ4n) is 2.38. The number of fused-ring (bicyclic) bond motifs is 1. The highest BCUT2D eigenvalue weighted by molar-refractivity contribution is 8.00. The fourth-order valence-corrected chi connectivity index (χ4v) is 3.52. The van der Waals surface area contributed by atoms with Crippen LogP contribution in [0.3, 0.4) is 0 Å². The van der Waals surface area contributed by atoms with E-state index in [2.05, 4.69) is 5.32 Å². The van der Waals surface area contributed by atoms with Crippen LogP contribution in [0.5, 0.6) is 0 Å². The first-order valence-corrected chi connectivity index (χ1v) is 8.00. The van der Waals surface area contributed by atoms with Crippen molar-refractivity contribution in [2.45, 2.75) is 25.0 Å². The van der Waals surface area contributed by atoms with Gasteiger partial charge in [-0.25, -0.2) is 4.39 Å². The molecule has 0 spiro atoms. The van der Waals surface area contributed by atoms with Gasteiger partial charge in [0.2, 0.25) is 5.91 Å². The second-order valence-corrected chi connectivity index (χ2v) is 5.88. The number of carbonyl (C=O) groups is 1. The first kappa shape index (κ1) is 15.3. The molecule has 2 rings (SSSR count). The number of halogens is 1. The number of amides is 1. The van der Waals surface area contributed by atoms with Gasteiger partial charge in [-0.2, -0.15) is 0 Å². The Morgan fingerprint density at radius 2 is 2.40 bits per heavy atom. The second-order valence-electron chi connectivity index (χ2n) is 4.69. The first-order chi connectivity index (χ1) is 9.72. The molecule has 5 heteroatoms. The predicted molar refractivity (Wildman–Crippen MR) is 79.4 cm³/mol. The summed E-state index contributed by atoms with van der Waals surface area (Å²) < 4.78 is 18.8. The van der Waals surface area contributed by atoms with Gasteiger partial charge in [-0.05, 0) is 37.0 Å². The molecule has 0 saturated heterocycles. The third kappa shape index (κ3) is 3.96. The smallest absolute Gasteiger partial charge is 0.230 e. The lowest BCUT2D eigenvalue weighted by molar-refractivity contribution is -0.118. The number of thioether (sulfide) groups is 1. The minimum absolute atomic E-state index is 0.0135. The largest absolute Gasteiger partial charge is 0.380 e. The Morgan fingerprint density at radius 3 is 3.20 bits per heavy atom. The molecule has 0 heterocycles. The summed E-state index contributed by atoms with van der Waals surface area (Å²) >= 11 is 1.59. The van der Waals surface area contributed by atoms with E-state index < -0.39 is 0 Å². The number of hydrogen-bond donors (Lipinski definition) is 1. The van der Waals surface area contributed by atoms with Crippen LogP contribution in [0.1, 0.15) is 29.7 Å². The van der Waals surface area contributed by atoms with E-state index in [4.69, 9.17) is 4.74 Å². The van der Waals surface area contributed by atoms with Gasteiger partial charge < -0.3 is 10.1 Å². The summed E-state index contributed by atoms with van der Waals surface area (Å²) in [6.07, 6.45) is 1.68. The SMILES string of the molecule is CCOCCNC(=O)CS[C@@H]1CCc2c(F)cccc21.